The van der Waals surface area contributed by atoms with E-state index in [-0.39, 0.29) is 11.4 Å². The predicted molar refractivity (Wildman–Crippen MR) is 137 cm³/mol. The highest BCUT2D eigenvalue weighted by atomic mass is 32.1. The van der Waals surface area contributed by atoms with Crippen molar-refractivity contribution in [2.45, 2.75) is 12.5 Å². The van der Waals surface area contributed by atoms with Gasteiger partial charge in [0.15, 0.2) is 17.3 Å². The Morgan fingerprint density at radius 1 is 1.06 bits per heavy atom. The van der Waals surface area contributed by atoms with E-state index < -0.39 is 17.7 Å². The van der Waals surface area contributed by atoms with Crippen molar-refractivity contribution in [3.05, 3.63) is 87.3 Å². The zero-order valence-electron chi connectivity index (χ0n) is 20.1. The van der Waals surface area contributed by atoms with Gasteiger partial charge in [0.25, 0.3) is 5.91 Å². The van der Waals surface area contributed by atoms with Crippen LogP contribution >= 0.6 is 11.3 Å². The molecule has 182 valence electrons. The van der Waals surface area contributed by atoms with Crippen molar-refractivity contribution in [2.75, 3.05) is 39.8 Å². The standard InChI is InChI=1S/C27H28N2O5S/c1-28(2)19-10-8-18(9-11-19)24-23(25(30)22-6-5-15-35-22)26(31)27(32)29(24)14-13-17-7-12-20(33-3)21(16-17)34-4/h5-12,15-16,24,31H,13-14H2,1-4H3/t24-/m1/s1. The monoisotopic (exact) mass is 492 g/mol. The summed E-state index contributed by atoms with van der Waals surface area (Å²) in [6.45, 7) is 0.305. The molecule has 1 aromatic heterocycles. The molecular formula is C27H28N2O5S. The molecule has 0 saturated heterocycles. The van der Waals surface area contributed by atoms with Gasteiger partial charge >= 0.3 is 0 Å². The number of ketones is 1. The second kappa shape index (κ2) is 10.2. The van der Waals surface area contributed by atoms with Crippen molar-refractivity contribution in [3.63, 3.8) is 0 Å². The van der Waals surface area contributed by atoms with Crippen molar-refractivity contribution in [1.29, 1.82) is 0 Å². The number of hydrogen-bond acceptors (Lipinski definition) is 7. The molecule has 35 heavy (non-hydrogen) atoms. The minimum absolute atomic E-state index is 0.113. The number of carbonyl (C=O) groups excluding carboxylic acids is 2. The number of Topliss-reactive ketones (excluding diaryl/α,β-unsaturated/α-hetero) is 1. The zero-order valence-corrected chi connectivity index (χ0v) is 21.0. The van der Waals surface area contributed by atoms with E-state index in [0.717, 1.165) is 16.8 Å². The van der Waals surface area contributed by atoms with Crippen molar-refractivity contribution < 1.29 is 24.2 Å². The van der Waals surface area contributed by atoms with Crippen LogP contribution in [0.5, 0.6) is 11.5 Å². The fraction of sp³-hybridized carbons (Fsp3) is 0.259. The number of carbonyl (C=O) groups is 2. The molecule has 2 heterocycles. The Bertz CT molecular complexity index is 1250. The van der Waals surface area contributed by atoms with Crippen molar-refractivity contribution in [3.8, 4) is 11.5 Å². The van der Waals surface area contributed by atoms with Crippen LogP contribution in [0.1, 0.15) is 26.8 Å². The number of nitrogens with zero attached hydrogens (tertiary/aromatic N) is 2. The van der Waals surface area contributed by atoms with Gasteiger partial charge in [0, 0.05) is 26.3 Å². The molecule has 0 unspecified atom stereocenters. The predicted octanol–water partition coefficient (Wildman–Crippen LogP) is 4.65. The quantitative estimate of drug-likeness (QED) is 0.438. The maximum atomic E-state index is 13.4. The lowest BCUT2D eigenvalue weighted by atomic mass is 9.95. The van der Waals surface area contributed by atoms with E-state index in [0.29, 0.717) is 29.3 Å². The van der Waals surface area contributed by atoms with Gasteiger partial charge in [-0.1, -0.05) is 24.3 Å². The highest BCUT2D eigenvalue weighted by molar-refractivity contribution is 7.12. The summed E-state index contributed by atoms with van der Waals surface area (Å²) in [5.41, 5.74) is 2.81. The normalized spacial score (nSPS) is 15.5. The molecule has 3 aromatic rings. The molecular weight excluding hydrogens is 464 g/mol. The third-order valence-electron chi connectivity index (χ3n) is 6.11. The minimum atomic E-state index is -0.687. The van der Waals surface area contributed by atoms with Crippen molar-refractivity contribution in [2.24, 2.45) is 0 Å². The highest BCUT2D eigenvalue weighted by Crippen LogP contribution is 2.40. The molecule has 0 bridgehead atoms. The first-order chi connectivity index (χ1) is 16.8. The minimum Gasteiger partial charge on any atom is -0.503 e. The Morgan fingerprint density at radius 3 is 2.37 bits per heavy atom. The Balaban J connectivity index is 1.68. The number of hydrogen-bond donors (Lipinski definition) is 1. The van der Waals surface area contributed by atoms with Crippen LogP contribution in [0.3, 0.4) is 0 Å². The maximum absolute atomic E-state index is 13.4. The number of ether oxygens (including phenoxy) is 2. The van der Waals surface area contributed by atoms with Crippen LogP contribution in [0.2, 0.25) is 0 Å². The largest absolute Gasteiger partial charge is 0.503 e. The van der Waals surface area contributed by atoms with Crippen LogP contribution in [0, 0.1) is 0 Å². The number of benzene rings is 2. The number of anilines is 1. The summed E-state index contributed by atoms with van der Waals surface area (Å²) in [5.74, 6) is -0.149. The molecule has 1 aliphatic rings. The lowest BCUT2D eigenvalue weighted by Crippen LogP contribution is -2.33. The number of aliphatic hydroxyl groups is 1. The Hall–Kier alpha value is -3.78. The molecule has 1 atom stereocenters. The fourth-order valence-electron chi connectivity index (χ4n) is 4.24. The van der Waals surface area contributed by atoms with E-state index in [1.54, 1.807) is 36.6 Å². The van der Waals surface area contributed by atoms with E-state index in [1.165, 1.54) is 11.3 Å². The van der Waals surface area contributed by atoms with Gasteiger partial charge in [0.2, 0.25) is 5.78 Å². The summed E-state index contributed by atoms with van der Waals surface area (Å²) in [6.07, 6.45) is 0.506. The molecule has 2 aromatic carbocycles. The Morgan fingerprint density at radius 2 is 1.77 bits per heavy atom. The average Bonchev–Trinajstić information content (AvgIpc) is 3.50. The van der Waals surface area contributed by atoms with E-state index in [2.05, 4.69) is 0 Å². The van der Waals surface area contributed by atoms with E-state index >= 15 is 0 Å². The van der Waals surface area contributed by atoms with Gasteiger partial charge in [0.1, 0.15) is 0 Å². The zero-order chi connectivity index (χ0) is 25.1. The number of rotatable bonds is 9. The smallest absolute Gasteiger partial charge is 0.290 e. The molecule has 1 amide bonds. The molecule has 0 fully saturated rings. The molecule has 8 heteroatoms. The maximum Gasteiger partial charge on any atom is 0.290 e. The highest BCUT2D eigenvalue weighted by Gasteiger charge is 2.43. The van der Waals surface area contributed by atoms with Gasteiger partial charge in [-0.3, -0.25) is 9.59 Å². The second-order valence-corrected chi connectivity index (χ2v) is 9.34. The summed E-state index contributed by atoms with van der Waals surface area (Å²) in [6, 6.07) is 16.1. The van der Waals surface area contributed by atoms with E-state index in [1.807, 2.05) is 61.5 Å². The third kappa shape index (κ3) is 4.74. The Labute approximate surface area is 208 Å². The summed E-state index contributed by atoms with van der Waals surface area (Å²) in [5, 5.41) is 12.6. The summed E-state index contributed by atoms with van der Waals surface area (Å²) in [4.78, 5) is 30.6. The van der Waals surface area contributed by atoms with Gasteiger partial charge in [-0.25, -0.2) is 0 Å². The molecule has 0 spiro atoms. The topological polar surface area (TPSA) is 79.3 Å². The van der Waals surface area contributed by atoms with E-state index in [9.17, 15) is 14.7 Å². The first-order valence-corrected chi connectivity index (χ1v) is 12.0. The number of thiophene rings is 1. The lowest BCUT2D eigenvalue weighted by molar-refractivity contribution is -0.129. The number of amides is 1. The van der Waals surface area contributed by atoms with Crippen LogP contribution in [-0.4, -0.2) is 56.6 Å². The van der Waals surface area contributed by atoms with Gasteiger partial charge in [-0.05, 0) is 53.3 Å². The second-order valence-electron chi connectivity index (χ2n) is 8.40. The molecule has 7 nitrogen and oxygen atoms in total. The van der Waals surface area contributed by atoms with Crippen LogP contribution in [0.4, 0.5) is 5.69 Å². The van der Waals surface area contributed by atoms with Crippen LogP contribution < -0.4 is 14.4 Å². The molecule has 0 saturated carbocycles. The van der Waals surface area contributed by atoms with Crippen molar-refractivity contribution in [1.82, 2.24) is 4.90 Å². The van der Waals surface area contributed by atoms with Gasteiger partial charge < -0.3 is 24.4 Å². The van der Waals surface area contributed by atoms with Gasteiger partial charge in [-0.2, -0.15) is 0 Å². The molecule has 0 aliphatic carbocycles. The lowest BCUT2D eigenvalue weighted by Gasteiger charge is -2.27. The molecule has 1 N–H and O–H groups in total. The average molecular weight is 493 g/mol. The number of methoxy groups -OCH3 is 2. The van der Waals surface area contributed by atoms with Crippen LogP contribution in [-0.2, 0) is 11.2 Å². The SMILES string of the molecule is COc1ccc(CCN2C(=O)C(O)=C(C(=O)c3cccs3)[C@H]2c2ccc(N(C)C)cc2)cc1OC. The molecule has 4 rings (SSSR count). The summed E-state index contributed by atoms with van der Waals surface area (Å²) in [7, 11) is 7.04. The fourth-order valence-corrected chi connectivity index (χ4v) is 4.92. The molecule has 1 aliphatic heterocycles. The first kappa shape index (κ1) is 24.3. The summed E-state index contributed by atoms with van der Waals surface area (Å²) >= 11 is 1.29. The summed E-state index contributed by atoms with van der Waals surface area (Å²) < 4.78 is 10.7. The molecule has 0 radical (unpaired) electrons. The van der Waals surface area contributed by atoms with Crippen LogP contribution in [0.15, 0.2) is 71.3 Å². The van der Waals surface area contributed by atoms with Crippen molar-refractivity contribution >= 4 is 28.7 Å². The number of aliphatic hydroxyl groups excluding tert-OH is 1. The van der Waals surface area contributed by atoms with Gasteiger partial charge in [0.05, 0.1) is 30.7 Å². The van der Waals surface area contributed by atoms with E-state index in [4.69, 9.17) is 9.47 Å². The third-order valence-corrected chi connectivity index (χ3v) is 6.98. The first-order valence-electron chi connectivity index (χ1n) is 11.2. The van der Waals surface area contributed by atoms with Crippen LogP contribution in [0.25, 0.3) is 0 Å². The van der Waals surface area contributed by atoms with Gasteiger partial charge in [-0.15, -0.1) is 11.3 Å². The Kier molecular flexibility index (Phi) is 7.12.